The van der Waals surface area contributed by atoms with E-state index in [0.29, 0.717) is 17.1 Å². The predicted molar refractivity (Wildman–Crippen MR) is 109 cm³/mol. The average molecular weight is 431 g/mol. The summed E-state index contributed by atoms with van der Waals surface area (Å²) in [7, 11) is 1.39. The lowest BCUT2D eigenvalue weighted by atomic mass is 10.2. The Hall–Kier alpha value is -3.40. The van der Waals surface area contributed by atoms with E-state index < -0.39 is 30.2 Å². The molecule has 0 unspecified atom stereocenters. The SMILES string of the molecule is CN(CC(=O)Nc1ccc(F)cc1)C(=O)COC(=O)c1ccc2c(c1)NC(=O)CS2. The van der Waals surface area contributed by atoms with E-state index in [0.717, 1.165) is 9.80 Å². The lowest BCUT2D eigenvalue weighted by Crippen LogP contribution is -2.37. The number of amides is 3. The molecular weight excluding hydrogens is 413 g/mol. The minimum Gasteiger partial charge on any atom is -0.452 e. The fourth-order valence-electron chi connectivity index (χ4n) is 2.57. The number of nitrogens with zero attached hydrogens (tertiary/aromatic N) is 1. The standard InChI is InChI=1S/C20H18FN3O5S/c1-24(9-17(25)22-14-5-3-13(21)4-6-14)19(27)10-29-20(28)12-2-7-16-15(8-12)23-18(26)11-30-16/h2-8H,9-11H2,1H3,(H,22,25)(H,23,26). The van der Waals surface area contributed by atoms with E-state index in [9.17, 15) is 23.6 Å². The Morgan fingerprint density at radius 3 is 2.67 bits per heavy atom. The minimum absolute atomic E-state index is 0.159. The number of esters is 1. The van der Waals surface area contributed by atoms with Gasteiger partial charge in [-0.05, 0) is 42.5 Å². The fraction of sp³-hybridized carbons (Fsp3) is 0.200. The van der Waals surface area contributed by atoms with Crippen LogP contribution in [0.25, 0.3) is 0 Å². The van der Waals surface area contributed by atoms with Crippen LogP contribution < -0.4 is 10.6 Å². The Bertz CT molecular complexity index is 996. The van der Waals surface area contributed by atoms with Crippen molar-refractivity contribution >= 4 is 46.8 Å². The minimum atomic E-state index is -0.722. The van der Waals surface area contributed by atoms with Crippen molar-refractivity contribution in [2.75, 3.05) is 36.6 Å². The Morgan fingerprint density at radius 2 is 1.93 bits per heavy atom. The molecule has 2 aromatic rings. The van der Waals surface area contributed by atoms with Crippen molar-refractivity contribution in [1.82, 2.24) is 4.90 Å². The topological polar surface area (TPSA) is 105 Å². The van der Waals surface area contributed by atoms with Gasteiger partial charge < -0.3 is 20.3 Å². The summed E-state index contributed by atoms with van der Waals surface area (Å²) in [6.07, 6.45) is 0. The zero-order valence-electron chi connectivity index (χ0n) is 15.9. The fourth-order valence-corrected chi connectivity index (χ4v) is 3.36. The van der Waals surface area contributed by atoms with Gasteiger partial charge in [0.1, 0.15) is 5.82 Å². The van der Waals surface area contributed by atoms with Gasteiger partial charge in [-0.15, -0.1) is 11.8 Å². The first kappa shape index (κ1) is 21.3. The number of fused-ring (bicyclic) bond motifs is 1. The summed E-state index contributed by atoms with van der Waals surface area (Å²) in [5.41, 5.74) is 1.11. The number of halogens is 1. The maximum Gasteiger partial charge on any atom is 0.338 e. The molecule has 1 aliphatic heterocycles. The van der Waals surface area contributed by atoms with Crippen molar-refractivity contribution in [3.8, 4) is 0 Å². The van der Waals surface area contributed by atoms with Gasteiger partial charge in [-0.3, -0.25) is 14.4 Å². The van der Waals surface area contributed by atoms with Gasteiger partial charge >= 0.3 is 5.97 Å². The first-order chi connectivity index (χ1) is 14.3. The van der Waals surface area contributed by atoms with Crippen molar-refractivity contribution in [3.63, 3.8) is 0 Å². The van der Waals surface area contributed by atoms with Crippen molar-refractivity contribution in [2.24, 2.45) is 0 Å². The summed E-state index contributed by atoms with van der Waals surface area (Å²) in [6.45, 7) is -0.812. The molecule has 156 valence electrons. The van der Waals surface area contributed by atoms with Crippen molar-refractivity contribution in [2.45, 2.75) is 4.90 Å². The molecule has 30 heavy (non-hydrogen) atoms. The van der Waals surface area contributed by atoms with E-state index in [1.807, 2.05) is 0 Å². The Kier molecular flexibility index (Phi) is 6.68. The van der Waals surface area contributed by atoms with Gasteiger partial charge in [0.2, 0.25) is 11.8 Å². The number of nitrogens with one attached hydrogen (secondary N) is 2. The van der Waals surface area contributed by atoms with Gasteiger partial charge in [0, 0.05) is 17.6 Å². The molecule has 0 atom stereocenters. The Balaban J connectivity index is 1.49. The Labute approximate surface area is 175 Å². The molecule has 0 aromatic heterocycles. The van der Waals surface area contributed by atoms with Crippen LogP contribution in [0.5, 0.6) is 0 Å². The average Bonchev–Trinajstić information content (AvgIpc) is 2.72. The highest BCUT2D eigenvalue weighted by Gasteiger charge is 2.19. The molecule has 10 heteroatoms. The smallest absolute Gasteiger partial charge is 0.338 e. The van der Waals surface area contributed by atoms with Gasteiger partial charge in [-0.25, -0.2) is 9.18 Å². The summed E-state index contributed by atoms with van der Waals surface area (Å²) >= 11 is 1.36. The van der Waals surface area contributed by atoms with Crippen LogP contribution in [-0.4, -0.2) is 54.5 Å². The van der Waals surface area contributed by atoms with Crippen molar-refractivity contribution in [3.05, 3.63) is 53.8 Å². The second-order valence-electron chi connectivity index (χ2n) is 6.43. The molecule has 1 heterocycles. The van der Waals surface area contributed by atoms with E-state index in [-0.39, 0.29) is 18.0 Å². The molecule has 0 bridgehead atoms. The lowest BCUT2D eigenvalue weighted by Gasteiger charge is -2.18. The van der Waals surface area contributed by atoms with E-state index in [1.54, 1.807) is 12.1 Å². The summed E-state index contributed by atoms with van der Waals surface area (Å²) in [5.74, 6) is -2.05. The van der Waals surface area contributed by atoms with Crippen LogP contribution in [-0.2, 0) is 19.1 Å². The summed E-state index contributed by atoms with van der Waals surface area (Å²) in [6, 6.07) is 9.95. The molecule has 0 saturated carbocycles. The van der Waals surface area contributed by atoms with Crippen LogP contribution in [0.3, 0.4) is 0 Å². The first-order valence-corrected chi connectivity index (χ1v) is 9.83. The normalized spacial score (nSPS) is 12.4. The summed E-state index contributed by atoms with van der Waals surface area (Å²) in [4.78, 5) is 49.8. The highest BCUT2D eigenvalue weighted by atomic mass is 32.2. The van der Waals surface area contributed by atoms with Crippen molar-refractivity contribution in [1.29, 1.82) is 0 Å². The third kappa shape index (κ3) is 5.57. The number of rotatable bonds is 6. The van der Waals surface area contributed by atoms with Gasteiger partial charge in [-0.1, -0.05) is 0 Å². The van der Waals surface area contributed by atoms with E-state index in [2.05, 4.69) is 10.6 Å². The number of hydrogen-bond donors (Lipinski definition) is 2. The monoisotopic (exact) mass is 431 g/mol. The first-order valence-electron chi connectivity index (χ1n) is 8.85. The van der Waals surface area contributed by atoms with Gasteiger partial charge in [-0.2, -0.15) is 0 Å². The Morgan fingerprint density at radius 1 is 1.20 bits per heavy atom. The zero-order chi connectivity index (χ0) is 21.7. The zero-order valence-corrected chi connectivity index (χ0v) is 16.8. The number of benzene rings is 2. The number of thioether (sulfide) groups is 1. The number of ether oxygens (including phenoxy) is 1. The number of anilines is 2. The predicted octanol–water partition coefficient (Wildman–Crippen LogP) is 2.12. The molecule has 0 radical (unpaired) electrons. The third-order valence-electron chi connectivity index (χ3n) is 4.11. The highest BCUT2D eigenvalue weighted by molar-refractivity contribution is 8.00. The van der Waals surface area contributed by atoms with Crippen LogP contribution in [0, 0.1) is 5.82 Å². The quantitative estimate of drug-likeness (QED) is 0.679. The molecule has 0 saturated heterocycles. The number of carbonyl (C=O) groups is 4. The maximum atomic E-state index is 12.9. The van der Waals surface area contributed by atoms with E-state index >= 15 is 0 Å². The van der Waals surface area contributed by atoms with E-state index in [1.165, 1.54) is 49.1 Å². The van der Waals surface area contributed by atoms with Gasteiger partial charge in [0.15, 0.2) is 6.61 Å². The van der Waals surface area contributed by atoms with Crippen LogP contribution in [0.2, 0.25) is 0 Å². The highest BCUT2D eigenvalue weighted by Crippen LogP contribution is 2.32. The number of carbonyl (C=O) groups excluding carboxylic acids is 4. The molecule has 0 fully saturated rings. The van der Waals surface area contributed by atoms with Crippen LogP contribution in [0.1, 0.15) is 10.4 Å². The second-order valence-corrected chi connectivity index (χ2v) is 7.45. The summed E-state index contributed by atoms with van der Waals surface area (Å²) in [5, 5.41) is 5.21. The molecule has 0 spiro atoms. The van der Waals surface area contributed by atoms with E-state index in [4.69, 9.17) is 4.74 Å². The molecule has 2 aromatic carbocycles. The molecule has 1 aliphatic rings. The second kappa shape index (κ2) is 9.40. The molecule has 3 rings (SSSR count). The van der Waals surface area contributed by atoms with Crippen LogP contribution in [0.4, 0.5) is 15.8 Å². The summed E-state index contributed by atoms with van der Waals surface area (Å²) < 4.78 is 17.9. The largest absolute Gasteiger partial charge is 0.452 e. The molecule has 3 amide bonds. The third-order valence-corrected chi connectivity index (χ3v) is 5.18. The van der Waals surface area contributed by atoms with Gasteiger partial charge in [0.25, 0.3) is 5.91 Å². The number of hydrogen-bond acceptors (Lipinski definition) is 6. The number of likely N-dealkylation sites (N-methyl/N-ethyl adjacent to an activating group) is 1. The van der Waals surface area contributed by atoms with Crippen LogP contribution in [0.15, 0.2) is 47.4 Å². The molecule has 0 aliphatic carbocycles. The molecular formula is C20H18FN3O5S. The van der Waals surface area contributed by atoms with Crippen molar-refractivity contribution < 1.29 is 28.3 Å². The molecule has 8 nitrogen and oxygen atoms in total. The lowest BCUT2D eigenvalue weighted by molar-refractivity contribution is -0.136. The van der Waals surface area contributed by atoms with Gasteiger partial charge in [0.05, 0.1) is 23.5 Å². The van der Waals surface area contributed by atoms with Crippen LogP contribution >= 0.6 is 11.8 Å². The molecule has 2 N–H and O–H groups in total. The maximum absolute atomic E-state index is 12.9.